The van der Waals surface area contributed by atoms with E-state index >= 15 is 0 Å². The summed E-state index contributed by atoms with van der Waals surface area (Å²) in [5, 5.41) is 0. The Morgan fingerprint density at radius 1 is 0.885 bits per heavy atom. The maximum Gasteiger partial charge on any atom is 0.127 e. The summed E-state index contributed by atoms with van der Waals surface area (Å²) < 4.78 is 13.8. The summed E-state index contributed by atoms with van der Waals surface area (Å²) in [5.41, 5.74) is 3.59. The molecule has 0 aliphatic heterocycles. The zero-order valence-corrected chi connectivity index (χ0v) is 16.7. The predicted octanol–water partition coefficient (Wildman–Crippen LogP) is 8.10. The minimum absolute atomic E-state index is 0.0224. The zero-order valence-electron chi connectivity index (χ0n) is 16.7. The minimum Gasteiger partial charge on any atom is -0.207 e. The van der Waals surface area contributed by atoms with Gasteiger partial charge < -0.3 is 0 Å². The van der Waals surface area contributed by atoms with Gasteiger partial charge in [0.2, 0.25) is 0 Å². The fourth-order valence-corrected chi connectivity index (χ4v) is 4.98. The lowest BCUT2D eigenvalue weighted by atomic mass is 9.77. The molecule has 1 heteroatoms. The highest BCUT2D eigenvalue weighted by molar-refractivity contribution is 5.59. The average Bonchev–Trinajstić information content (AvgIpc) is 2.67. The molecule has 26 heavy (non-hydrogen) atoms. The Kier molecular flexibility index (Phi) is 7.77. The van der Waals surface area contributed by atoms with E-state index in [1.54, 1.807) is 11.6 Å². The highest BCUT2D eigenvalue weighted by atomic mass is 19.1. The molecule has 0 spiro atoms. The van der Waals surface area contributed by atoms with Gasteiger partial charge in [-0.3, -0.25) is 0 Å². The number of fused-ring (bicyclic) bond motifs is 1. The molecule has 1 fully saturated rings. The van der Waals surface area contributed by atoms with Crippen LogP contribution in [0, 0.1) is 17.7 Å². The molecule has 0 aromatic heterocycles. The average molecular weight is 357 g/mol. The third kappa shape index (κ3) is 5.69. The van der Waals surface area contributed by atoms with Gasteiger partial charge in [0.05, 0.1) is 0 Å². The lowest BCUT2D eigenvalue weighted by Gasteiger charge is -2.29. The van der Waals surface area contributed by atoms with Crippen LogP contribution in [0.3, 0.4) is 0 Å². The Balaban J connectivity index is 1.35. The smallest absolute Gasteiger partial charge is 0.127 e. The molecular weight excluding hydrogens is 319 g/mol. The molecule has 0 N–H and O–H groups in total. The van der Waals surface area contributed by atoms with Gasteiger partial charge in [0.1, 0.15) is 5.82 Å². The first-order chi connectivity index (χ1) is 12.8. The van der Waals surface area contributed by atoms with Crippen LogP contribution in [0.25, 0.3) is 6.08 Å². The first-order valence-corrected chi connectivity index (χ1v) is 11.2. The molecule has 144 valence electrons. The van der Waals surface area contributed by atoms with Gasteiger partial charge in [0.25, 0.3) is 0 Å². The number of benzene rings is 1. The summed E-state index contributed by atoms with van der Waals surface area (Å²) in [7, 11) is 0. The number of unbranched alkanes of at least 4 members (excludes halogenated alkanes) is 4. The molecule has 2 aliphatic carbocycles. The quantitative estimate of drug-likeness (QED) is 0.392. The van der Waals surface area contributed by atoms with E-state index in [2.05, 4.69) is 19.1 Å². The van der Waals surface area contributed by atoms with Crippen LogP contribution >= 0.6 is 0 Å². The number of rotatable bonds is 9. The highest BCUT2D eigenvalue weighted by Crippen LogP contribution is 2.36. The summed E-state index contributed by atoms with van der Waals surface area (Å²) in [4.78, 5) is 0. The van der Waals surface area contributed by atoms with Crippen LogP contribution in [0.4, 0.5) is 4.39 Å². The van der Waals surface area contributed by atoms with Crippen LogP contribution in [0.15, 0.2) is 23.8 Å². The fraction of sp³-hybridized carbons (Fsp3) is 0.680. The largest absolute Gasteiger partial charge is 0.207 e. The van der Waals surface area contributed by atoms with Gasteiger partial charge in [-0.2, -0.15) is 0 Å². The topological polar surface area (TPSA) is 0 Å². The third-order valence-electron chi connectivity index (χ3n) is 6.77. The Morgan fingerprint density at radius 2 is 1.62 bits per heavy atom. The number of halogens is 1. The lowest BCUT2D eigenvalue weighted by molar-refractivity contribution is 0.248. The SMILES string of the molecule is CCCCCCCC1CCC(CCC2=Cc3cccc(F)c3CC2)CC1. The second-order valence-corrected chi connectivity index (χ2v) is 8.74. The van der Waals surface area contributed by atoms with Crippen LogP contribution in [0.1, 0.15) is 102 Å². The molecule has 1 saturated carbocycles. The van der Waals surface area contributed by atoms with E-state index in [9.17, 15) is 4.39 Å². The summed E-state index contributed by atoms with van der Waals surface area (Å²) in [6.45, 7) is 2.29. The maximum atomic E-state index is 13.8. The summed E-state index contributed by atoms with van der Waals surface area (Å²) in [5.74, 6) is 1.92. The minimum atomic E-state index is -0.0224. The second kappa shape index (κ2) is 10.3. The van der Waals surface area contributed by atoms with Crippen LogP contribution in [0.5, 0.6) is 0 Å². The van der Waals surface area contributed by atoms with Crippen molar-refractivity contribution in [1.82, 2.24) is 0 Å². The highest BCUT2D eigenvalue weighted by Gasteiger charge is 2.21. The Labute approximate surface area is 160 Å². The van der Waals surface area contributed by atoms with Crippen molar-refractivity contribution < 1.29 is 4.39 Å². The van der Waals surface area contributed by atoms with Crippen molar-refractivity contribution in [3.8, 4) is 0 Å². The molecule has 0 nitrogen and oxygen atoms in total. The van der Waals surface area contributed by atoms with E-state index in [1.165, 1.54) is 77.0 Å². The molecule has 1 aromatic rings. The van der Waals surface area contributed by atoms with Crippen LogP contribution in [0.2, 0.25) is 0 Å². The molecule has 1 aromatic carbocycles. The Hall–Kier alpha value is -1.11. The van der Waals surface area contributed by atoms with Gasteiger partial charge in [-0.25, -0.2) is 4.39 Å². The molecular formula is C25H37F. The monoisotopic (exact) mass is 356 g/mol. The van der Waals surface area contributed by atoms with Gasteiger partial charge in [-0.15, -0.1) is 0 Å². The van der Waals surface area contributed by atoms with Gasteiger partial charge in [0.15, 0.2) is 0 Å². The molecule has 0 amide bonds. The normalized spacial score (nSPS) is 22.8. The van der Waals surface area contributed by atoms with Gasteiger partial charge in [0, 0.05) is 0 Å². The van der Waals surface area contributed by atoms with E-state index in [0.717, 1.165) is 35.8 Å². The number of allylic oxidation sites excluding steroid dienone is 1. The summed E-state index contributed by atoms with van der Waals surface area (Å²) in [6, 6.07) is 5.51. The molecule has 0 unspecified atom stereocenters. The first kappa shape index (κ1) is 19.6. The van der Waals surface area contributed by atoms with Crippen LogP contribution in [-0.2, 0) is 6.42 Å². The molecule has 0 bridgehead atoms. The number of hydrogen-bond acceptors (Lipinski definition) is 0. The molecule has 3 rings (SSSR count). The molecule has 2 aliphatic rings. The van der Waals surface area contributed by atoms with E-state index in [4.69, 9.17) is 0 Å². The third-order valence-corrected chi connectivity index (χ3v) is 6.77. The second-order valence-electron chi connectivity index (χ2n) is 8.74. The predicted molar refractivity (Wildman–Crippen MR) is 111 cm³/mol. The van der Waals surface area contributed by atoms with Gasteiger partial charge in [-0.05, 0) is 54.7 Å². The van der Waals surface area contributed by atoms with Crippen molar-refractivity contribution in [3.63, 3.8) is 0 Å². The maximum absolute atomic E-state index is 13.8. The fourth-order valence-electron chi connectivity index (χ4n) is 4.98. The van der Waals surface area contributed by atoms with E-state index < -0.39 is 0 Å². The zero-order chi connectivity index (χ0) is 18.2. The molecule has 0 heterocycles. The molecule has 0 radical (unpaired) electrons. The van der Waals surface area contributed by atoms with Gasteiger partial charge in [-0.1, -0.05) is 94.9 Å². The van der Waals surface area contributed by atoms with Crippen molar-refractivity contribution in [1.29, 1.82) is 0 Å². The number of hydrogen-bond donors (Lipinski definition) is 0. The lowest BCUT2D eigenvalue weighted by Crippen LogP contribution is -2.15. The summed E-state index contributed by atoms with van der Waals surface area (Å²) >= 11 is 0. The van der Waals surface area contributed by atoms with Gasteiger partial charge >= 0.3 is 0 Å². The van der Waals surface area contributed by atoms with Crippen molar-refractivity contribution >= 4 is 6.08 Å². The Bertz CT molecular complexity index is 578. The first-order valence-electron chi connectivity index (χ1n) is 11.2. The summed E-state index contributed by atoms with van der Waals surface area (Å²) in [6.07, 6.45) is 21.2. The molecule has 0 atom stereocenters. The molecule has 0 saturated heterocycles. The van der Waals surface area contributed by atoms with Crippen molar-refractivity contribution in [2.45, 2.75) is 96.8 Å². The van der Waals surface area contributed by atoms with E-state index in [-0.39, 0.29) is 5.82 Å². The Morgan fingerprint density at radius 3 is 2.38 bits per heavy atom. The standard InChI is InChI=1S/C25H37F/c1-2-3-4-5-6-8-20-11-13-21(14-12-20)15-16-22-17-18-24-23(19-22)9-7-10-25(24)26/h7,9-10,19-21H,2-6,8,11-18H2,1H3. The van der Waals surface area contributed by atoms with E-state index in [0.29, 0.717) is 0 Å². The van der Waals surface area contributed by atoms with Crippen molar-refractivity contribution in [3.05, 3.63) is 40.7 Å². The van der Waals surface area contributed by atoms with Crippen LogP contribution in [-0.4, -0.2) is 0 Å². The van der Waals surface area contributed by atoms with Crippen molar-refractivity contribution in [2.24, 2.45) is 11.8 Å². The van der Waals surface area contributed by atoms with E-state index in [1.807, 2.05) is 6.07 Å². The van der Waals surface area contributed by atoms with Crippen LogP contribution < -0.4 is 0 Å². The van der Waals surface area contributed by atoms with Crippen molar-refractivity contribution in [2.75, 3.05) is 0 Å².